The van der Waals surface area contributed by atoms with Gasteiger partial charge < -0.3 is 15.2 Å². The van der Waals surface area contributed by atoms with Gasteiger partial charge in [0.05, 0.1) is 6.10 Å². The van der Waals surface area contributed by atoms with E-state index in [1.165, 1.54) is 0 Å². The van der Waals surface area contributed by atoms with E-state index >= 15 is 0 Å². The third kappa shape index (κ3) is 4.85. The molecule has 2 N–H and O–H groups in total. The maximum Gasteiger partial charge on any atom is 0.258 e. The molecule has 0 aliphatic heterocycles. The number of rotatable bonds is 7. The number of hydrogen-bond acceptors (Lipinski definition) is 3. The van der Waals surface area contributed by atoms with Crippen LogP contribution in [0.25, 0.3) is 0 Å². The zero-order valence-electron chi connectivity index (χ0n) is 12.7. The molecule has 0 radical (unpaired) electrons. The molecule has 1 aromatic carbocycles. The molecule has 0 bridgehead atoms. The zero-order chi connectivity index (χ0) is 15.1. The first-order valence-corrected chi connectivity index (χ1v) is 7.14. The van der Waals surface area contributed by atoms with E-state index in [4.69, 9.17) is 4.74 Å². The Morgan fingerprint density at radius 2 is 1.95 bits per heavy atom. The summed E-state index contributed by atoms with van der Waals surface area (Å²) in [5.41, 5.74) is 0.722. The number of ether oxygens (including phenoxy) is 1. The summed E-state index contributed by atoms with van der Waals surface area (Å²) in [6, 6.07) is 7.38. The van der Waals surface area contributed by atoms with Gasteiger partial charge in [0.25, 0.3) is 5.91 Å². The molecular weight excluding hydrogens is 254 g/mol. The molecule has 0 aliphatic rings. The van der Waals surface area contributed by atoms with E-state index in [0.717, 1.165) is 5.56 Å². The largest absolute Gasteiger partial charge is 0.483 e. The molecule has 1 amide bonds. The average molecular weight is 279 g/mol. The maximum atomic E-state index is 11.8. The van der Waals surface area contributed by atoms with E-state index in [1.807, 2.05) is 32.0 Å². The number of benzene rings is 1. The van der Waals surface area contributed by atoms with Gasteiger partial charge >= 0.3 is 0 Å². The van der Waals surface area contributed by atoms with Gasteiger partial charge in [-0.25, -0.2) is 0 Å². The van der Waals surface area contributed by atoms with Gasteiger partial charge in [-0.05, 0) is 25.3 Å². The lowest BCUT2D eigenvalue weighted by molar-refractivity contribution is -0.124. The lowest BCUT2D eigenvalue weighted by atomic mass is 10.1. The van der Waals surface area contributed by atoms with Crippen LogP contribution in [0.4, 0.5) is 0 Å². The van der Waals surface area contributed by atoms with E-state index in [-0.39, 0.29) is 18.6 Å². The molecule has 112 valence electrons. The minimum absolute atomic E-state index is 0.0372. The van der Waals surface area contributed by atoms with Crippen molar-refractivity contribution < 1.29 is 14.6 Å². The molecule has 0 aliphatic carbocycles. The molecule has 4 heteroatoms. The van der Waals surface area contributed by atoms with Crippen LogP contribution in [-0.4, -0.2) is 23.7 Å². The molecule has 1 unspecified atom stereocenters. The van der Waals surface area contributed by atoms with Gasteiger partial charge in [0.2, 0.25) is 0 Å². The molecule has 1 rings (SSSR count). The van der Waals surface area contributed by atoms with E-state index in [0.29, 0.717) is 18.1 Å². The smallest absolute Gasteiger partial charge is 0.258 e. The number of amides is 1. The van der Waals surface area contributed by atoms with Crippen molar-refractivity contribution in [3.63, 3.8) is 0 Å². The van der Waals surface area contributed by atoms with Crippen molar-refractivity contribution >= 4 is 5.91 Å². The predicted octanol–water partition coefficient (Wildman–Crippen LogP) is 2.67. The van der Waals surface area contributed by atoms with Gasteiger partial charge in [0, 0.05) is 11.6 Å². The standard InChI is InChI=1S/C16H25NO3/c1-5-14(18)13-8-6-7-9-15(13)20-10-16(19)17-12(4)11(2)3/h6-9,11-12,14,18H,5,10H2,1-4H3,(H,17,19)/t12?,14-/m0/s1. The molecule has 0 saturated heterocycles. The molecule has 0 aromatic heterocycles. The van der Waals surface area contributed by atoms with Crippen LogP contribution in [0.2, 0.25) is 0 Å². The van der Waals surface area contributed by atoms with Crippen molar-refractivity contribution in [2.75, 3.05) is 6.61 Å². The van der Waals surface area contributed by atoms with E-state index in [9.17, 15) is 9.90 Å². The average Bonchev–Trinajstić information content (AvgIpc) is 2.44. The quantitative estimate of drug-likeness (QED) is 0.806. The Hall–Kier alpha value is -1.55. The van der Waals surface area contributed by atoms with Gasteiger partial charge in [-0.15, -0.1) is 0 Å². The van der Waals surface area contributed by atoms with Crippen molar-refractivity contribution in [3.8, 4) is 5.75 Å². The molecule has 1 aromatic rings. The van der Waals surface area contributed by atoms with Crippen molar-refractivity contribution in [1.82, 2.24) is 5.32 Å². The molecule has 2 atom stereocenters. The number of para-hydroxylation sites is 1. The Morgan fingerprint density at radius 1 is 1.30 bits per heavy atom. The van der Waals surface area contributed by atoms with Crippen LogP contribution in [0.5, 0.6) is 5.75 Å². The van der Waals surface area contributed by atoms with Crippen LogP contribution in [0.3, 0.4) is 0 Å². The predicted molar refractivity (Wildman–Crippen MR) is 79.6 cm³/mol. The molecule has 20 heavy (non-hydrogen) atoms. The van der Waals surface area contributed by atoms with E-state index < -0.39 is 6.10 Å². The summed E-state index contributed by atoms with van der Waals surface area (Å²) in [6.07, 6.45) is 0.0422. The lowest BCUT2D eigenvalue weighted by Gasteiger charge is -2.18. The number of nitrogens with one attached hydrogen (secondary N) is 1. The topological polar surface area (TPSA) is 58.6 Å². The first-order valence-electron chi connectivity index (χ1n) is 7.14. The number of carbonyl (C=O) groups excluding carboxylic acids is 1. The number of aliphatic hydroxyl groups excluding tert-OH is 1. The second-order valence-electron chi connectivity index (χ2n) is 5.35. The SMILES string of the molecule is CC[C@H](O)c1ccccc1OCC(=O)NC(C)C(C)C. The Kier molecular flexibility index (Phi) is 6.52. The fraction of sp³-hybridized carbons (Fsp3) is 0.562. The van der Waals surface area contributed by atoms with E-state index in [1.54, 1.807) is 6.07 Å². The van der Waals surface area contributed by atoms with E-state index in [2.05, 4.69) is 19.2 Å². The second-order valence-corrected chi connectivity index (χ2v) is 5.35. The van der Waals surface area contributed by atoms with Gasteiger partial charge in [-0.1, -0.05) is 39.0 Å². The number of hydrogen-bond donors (Lipinski definition) is 2. The Morgan fingerprint density at radius 3 is 2.55 bits per heavy atom. The molecule has 0 saturated carbocycles. The number of carbonyl (C=O) groups is 1. The lowest BCUT2D eigenvalue weighted by Crippen LogP contribution is -2.39. The summed E-state index contributed by atoms with van der Waals surface area (Å²) in [5, 5.41) is 12.8. The number of aliphatic hydroxyl groups is 1. The second kappa shape index (κ2) is 7.90. The van der Waals surface area contributed by atoms with Crippen LogP contribution >= 0.6 is 0 Å². The third-order valence-electron chi connectivity index (χ3n) is 3.41. The van der Waals surface area contributed by atoms with Crippen molar-refractivity contribution in [2.24, 2.45) is 5.92 Å². The molecule has 0 heterocycles. The Bertz CT molecular complexity index is 431. The highest BCUT2D eigenvalue weighted by Gasteiger charge is 2.14. The van der Waals surface area contributed by atoms with Crippen molar-refractivity contribution in [1.29, 1.82) is 0 Å². The van der Waals surface area contributed by atoms with Gasteiger partial charge in [-0.3, -0.25) is 4.79 Å². The summed E-state index contributed by atoms with van der Waals surface area (Å²) < 4.78 is 5.53. The van der Waals surface area contributed by atoms with Crippen LogP contribution in [-0.2, 0) is 4.79 Å². The summed E-state index contributed by atoms with van der Waals surface area (Å²) in [5.74, 6) is 0.800. The van der Waals surface area contributed by atoms with Crippen molar-refractivity contribution in [3.05, 3.63) is 29.8 Å². The van der Waals surface area contributed by atoms with Crippen LogP contribution < -0.4 is 10.1 Å². The fourth-order valence-electron chi connectivity index (χ4n) is 1.71. The van der Waals surface area contributed by atoms with Crippen LogP contribution in [0.1, 0.15) is 45.8 Å². The first-order chi connectivity index (χ1) is 9.45. The first kappa shape index (κ1) is 16.5. The molecule has 0 fully saturated rings. The summed E-state index contributed by atoms with van der Waals surface area (Å²) in [4.78, 5) is 11.8. The zero-order valence-corrected chi connectivity index (χ0v) is 12.7. The third-order valence-corrected chi connectivity index (χ3v) is 3.41. The maximum absolute atomic E-state index is 11.8. The van der Waals surface area contributed by atoms with Gasteiger partial charge in [0.1, 0.15) is 5.75 Å². The minimum atomic E-state index is -0.566. The van der Waals surface area contributed by atoms with Gasteiger partial charge in [-0.2, -0.15) is 0 Å². The Balaban J connectivity index is 2.59. The summed E-state index contributed by atoms with van der Waals surface area (Å²) in [7, 11) is 0. The summed E-state index contributed by atoms with van der Waals surface area (Å²) in [6.45, 7) is 7.94. The van der Waals surface area contributed by atoms with Crippen molar-refractivity contribution in [2.45, 2.75) is 46.3 Å². The minimum Gasteiger partial charge on any atom is -0.483 e. The highest BCUT2D eigenvalue weighted by molar-refractivity contribution is 5.77. The van der Waals surface area contributed by atoms with Gasteiger partial charge in [0.15, 0.2) is 6.61 Å². The highest BCUT2D eigenvalue weighted by Crippen LogP contribution is 2.26. The fourth-order valence-corrected chi connectivity index (χ4v) is 1.71. The monoisotopic (exact) mass is 279 g/mol. The van der Waals surface area contributed by atoms with Crippen LogP contribution in [0.15, 0.2) is 24.3 Å². The molecule has 0 spiro atoms. The highest BCUT2D eigenvalue weighted by atomic mass is 16.5. The summed E-state index contributed by atoms with van der Waals surface area (Å²) >= 11 is 0. The molecular formula is C16H25NO3. The normalized spacial score (nSPS) is 13.9. The Labute approximate surface area is 121 Å². The molecule has 4 nitrogen and oxygen atoms in total. The van der Waals surface area contributed by atoms with Crippen LogP contribution in [0, 0.1) is 5.92 Å².